The van der Waals surface area contributed by atoms with E-state index in [1.54, 1.807) is 24.9 Å². The quantitative estimate of drug-likeness (QED) is 0.713. The molecule has 0 saturated carbocycles. The second kappa shape index (κ2) is 8.12. The maximum Gasteiger partial charge on any atom is 0.255 e. The number of aromatic nitrogens is 2. The largest absolute Gasteiger partial charge is 0.469 e. The Labute approximate surface area is 163 Å². The van der Waals surface area contributed by atoms with Gasteiger partial charge in [-0.25, -0.2) is 4.68 Å². The second-order valence-corrected chi connectivity index (χ2v) is 6.72. The fourth-order valence-corrected chi connectivity index (χ4v) is 3.06. The van der Waals surface area contributed by atoms with Crippen LogP contribution in [0.2, 0.25) is 0 Å². The van der Waals surface area contributed by atoms with Crippen LogP contribution >= 0.6 is 0 Å². The van der Waals surface area contributed by atoms with Gasteiger partial charge in [0.25, 0.3) is 5.91 Å². The molecule has 0 fully saturated rings. The maximum absolute atomic E-state index is 12.5. The molecule has 2 amide bonds. The van der Waals surface area contributed by atoms with Gasteiger partial charge in [-0.15, -0.1) is 0 Å². The molecule has 2 heterocycles. The van der Waals surface area contributed by atoms with E-state index in [0.717, 1.165) is 22.6 Å². The first-order chi connectivity index (χ1) is 13.4. The molecule has 7 nitrogen and oxygen atoms in total. The Hall–Kier alpha value is -3.35. The van der Waals surface area contributed by atoms with Crippen LogP contribution in [-0.2, 0) is 11.3 Å². The Bertz CT molecular complexity index is 989. The van der Waals surface area contributed by atoms with Gasteiger partial charge in [-0.05, 0) is 39.0 Å². The van der Waals surface area contributed by atoms with Gasteiger partial charge in [-0.3, -0.25) is 9.59 Å². The summed E-state index contributed by atoms with van der Waals surface area (Å²) in [5.41, 5.74) is 4.27. The van der Waals surface area contributed by atoms with Crippen molar-refractivity contribution in [1.82, 2.24) is 20.0 Å². The van der Waals surface area contributed by atoms with Crippen molar-refractivity contribution in [3.05, 3.63) is 70.9 Å². The Balaban J connectivity index is 1.65. The molecule has 0 aliphatic rings. The Morgan fingerprint density at radius 2 is 1.86 bits per heavy atom. The molecule has 0 aliphatic carbocycles. The zero-order valence-corrected chi connectivity index (χ0v) is 16.5. The van der Waals surface area contributed by atoms with E-state index in [1.807, 2.05) is 48.9 Å². The lowest BCUT2D eigenvalue weighted by Crippen LogP contribution is -2.38. The van der Waals surface area contributed by atoms with Crippen molar-refractivity contribution in [2.75, 3.05) is 13.6 Å². The monoisotopic (exact) mass is 380 g/mol. The molecule has 3 aromatic rings. The average molecular weight is 380 g/mol. The van der Waals surface area contributed by atoms with Crippen molar-refractivity contribution in [1.29, 1.82) is 0 Å². The van der Waals surface area contributed by atoms with E-state index in [9.17, 15) is 9.59 Å². The molecule has 0 spiro atoms. The van der Waals surface area contributed by atoms with Crippen LogP contribution in [0.5, 0.6) is 0 Å². The summed E-state index contributed by atoms with van der Waals surface area (Å²) in [5.74, 6) is 0.0240. The van der Waals surface area contributed by atoms with Crippen molar-refractivity contribution >= 4 is 11.8 Å². The van der Waals surface area contributed by atoms with Crippen LogP contribution in [0, 0.1) is 20.8 Å². The fraction of sp³-hybridized carbons (Fsp3) is 0.286. The van der Waals surface area contributed by atoms with E-state index in [0.29, 0.717) is 17.9 Å². The van der Waals surface area contributed by atoms with Gasteiger partial charge in [0.15, 0.2) is 0 Å². The predicted molar refractivity (Wildman–Crippen MR) is 105 cm³/mol. The van der Waals surface area contributed by atoms with Gasteiger partial charge in [0.1, 0.15) is 5.76 Å². The highest BCUT2D eigenvalue weighted by molar-refractivity contribution is 5.97. The molecule has 0 unspecified atom stereocenters. The molecule has 1 N–H and O–H groups in total. The highest BCUT2D eigenvalue weighted by Gasteiger charge is 2.18. The molecule has 7 heteroatoms. The Morgan fingerprint density at radius 1 is 1.14 bits per heavy atom. The summed E-state index contributed by atoms with van der Waals surface area (Å²) in [7, 11) is 1.72. The molecule has 3 rings (SSSR count). The molecular weight excluding hydrogens is 356 g/mol. The summed E-state index contributed by atoms with van der Waals surface area (Å²) in [6, 6.07) is 11.5. The summed E-state index contributed by atoms with van der Waals surface area (Å²) in [6.07, 6.45) is 1.45. The lowest BCUT2D eigenvalue weighted by molar-refractivity contribution is -0.129. The molecule has 2 aromatic heterocycles. The average Bonchev–Trinajstić information content (AvgIpc) is 3.24. The first-order valence-corrected chi connectivity index (χ1v) is 9.05. The summed E-state index contributed by atoms with van der Waals surface area (Å²) in [5, 5.41) is 7.25. The minimum Gasteiger partial charge on any atom is -0.469 e. The predicted octanol–water partition coefficient (Wildman–Crippen LogP) is 2.78. The normalized spacial score (nSPS) is 10.7. The topological polar surface area (TPSA) is 80.4 Å². The number of aryl methyl sites for hydroxylation is 2. The number of benzene rings is 1. The molecule has 146 valence electrons. The van der Waals surface area contributed by atoms with Gasteiger partial charge >= 0.3 is 0 Å². The molecule has 28 heavy (non-hydrogen) atoms. The minimum atomic E-state index is -0.322. The number of nitrogens with zero attached hydrogens (tertiary/aromatic N) is 3. The summed E-state index contributed by atoms with van der Waals surface area (Å²) in [4.78, 5) is 26.2. The van der Waals surface area contributed by atoms with Gasteiger partial charge < -0.3 is 14.6 Å². The summed E-state index contributed by atoms with van der Waals surface area (Å²) in [6.45, 7) is 5.97. The van der Waals surface area contributed by atoms with Gasteiger partial charge in [0.05, 0.1) is 29.8 Å². The minimum absolute atomic E-state index is 0.0785. The number of amides is 2. The maximum atomic E-state index is 12.5. The van der Waals surface area contributed by atoms with Gasteiger partial charge in [-0.1, -0.05) is 18.2 Å². The van der Waals surface area contributed by atoms with Crippen LogP contribution < -0.4 is 5.32 Å². The van der Waals surface area contributed by atoms with E-state index < -0.39 is 0 Å². The molecule has 0 saturated heterocycles. The highest BCUT2D eigenvalue weighted by Crippen LogP contribution is 2.19. The van der Waals surface area contributed by atoms with Crippen LogP contribution in [0.1, 0.15) is 33.1 Å². The number of carbonyl (C=O) groups is 2. The third-order valence-electron chi connectivity index (χ3n) is 4.77. The number of nitrogens with one attached hydrogen (secondary N) is 1. The molecule has 0 atom stereocenters. The van der Waals surface area contributed by atoms with E-state index in [4.69, 9.17) is 4.42 Å². The van der Waals surface area contributed by atoms with Crippen molar-refractivity contribution in [3.63, 3.8) is 0 Å². The zero-order chi connectivity index (χ0) is 20.3. The van der Waals surface area contributed by atoms with Crippen LogP contribution in [-0.4, -0.2) is 40.1 Å². The number of carbonyl (C=O) groups excluding carboxylic acids is 2. The number of hydrogen-bond acceptors (Lipinski definition) is 4. The van der Waals surface area contributed by atoms with E-state index in [1.165, 1.54) is 6.26 Å². The summed E-state index contributed by atoms with van der Waals surface area (Å²) < 4.78 is 7.00. The number of hydrogen-bond donors (Lipinski definition) is 1. The van der Waals surface area contributed by atoms with Crippen molar-refractivity contribution in [2.24, 2.45) is 0 Å². The fourth-order valence-electron chi connectivity index (χ4n) is 3.06. The highest BCUT2D eigenvalue weighted by atomic mass is 16.3. The Kier molecular flexibility index (Phi) is 5.63. The standard InChI is InChI=1S/C21H24N4O3/c1-14-19(15(2)25(23-14)17-8-6-5-7-9-17)13-24(4)20(26)12-22-21(27)18-10-11-28-16(18)3/h5-11H,12-13H2,1-4H3,(H,22,27). The van der Waals surface area contributed by atoms with E-state index in [-0.39, 0.29) is 18.4 Å². The van der Waals surface area contributed by atoms with Crippen LogP contribution in [0.25, 0.3) is 5.69 Å². The molecular formula is C21H24N4O3. The smallest absolute Gasteiger partial charge is 0.255 e. The number of likely N-dealkylation sites (N-methyl/N-ethyl adjacent to an activating group) is 1. The Morgan fingerprint density at radius 3 is 2.50 bits per heavy atom. The van der Waals surface area contributed by atoms with Crippen LogP contribution in [0.4, 0.5) is 0 Å². The van der Waals surface area contributed by atoms with Crippen molar-refractivity contribution in [3.8, 4) is 5.69 Å². The molecule has 0 radical (unpaired) electrons. The third kappa shape index (κ3) is 3.98. The molecule has 1 aromatic carbocycles. The van der Waals surface area contributed by atoms with Crippen molar-refractivity contribution < 1.29 is 14.0 Å². The lowest BCUT2D eigenvalue weighted by Gasteiger charge is -2.18. The number of para-hydroxylation sites is 1. The zero-order valence-electron chi connectivity index (χ0n) is 16.5. The van der Waals surface area contributed by atoms with Gasteiger partial charge in [0, 0.05) is 24.8 Å². The van der Waals surface area contributed by atoms with E-state index in [2.05, 4.69) is 10.4 Å². The van der Waals surface area contributed by atoms with Gasteiger partial charge in [0.2, 0.25) is 5.91 Å². The number of rotatable bonds is 6. The van der Waals surface area contributed by atoms with Crippen molar-refractivity contribution in [2.45, 2.75) is 27.3 Å². The first-order valence-electron chi connectivity index (χ1n) is 9.05. The van der Waals surface area contributed by atoms with Crippen LogP contribution in [0.3, 0.4) is 0 Å². The van der Waals surface area contributed by atoms with Crippen LogP contribution in [0.15, 0.2) is 47.1 Å². The SMILES string of the molecule is Cc1nn(-c2ccccc2)c(C)c1CN(C)C(=O)CNC(=O)c1ccoc1C. The molecule has 0 aliphatic heterocycles. The summed E-state index contributed by atoms with van der Waals surface area (Å²) >= 11 is 0. The third-order valence-corrected chi connectivity index (χ3v) is 4.77. The van der Waals surface area contributed by atoms with E-state index >= 15 is 0 Å². The first kappa shape index (κ1) is 19.4. The second-order valence-electron chi connectivity index (χ2n) is 6.72. The van der Waals surface area contributed by atoms with Gasteiger partial charge in [-0.2, -0.15) is 5.10 Å². The lowest BCUT2D eigenvalue weighted by atomic mass is 10.2. The number of furan rings is 1. The molecule has 0 bridgehead atoms.